The predicted molar refractivity (Wildman–Crippen MR) is 58.4 cm³/mol. The summed E-state index contributed by atoms with van der Waals surface area (Å²) in [5.41, 5.74) is -1.13. The first-order chi connectivity index (χ1) is 7.82. The molecule has 0 aliphatic carbocycles. The first kappa shape index (κ1) is 13.2. The highest BCUT2D eigenvalue weighted by Crippen LogP contribution is 2.08. The normalized spacial score (nSPS) is 14.1. The van der Waals surface area contributed by atoms with Crippen LogP contribution in [-0.2, 0) is 11.8 Å². The SMILES string of the molecule is Cn1nccc1C(=O)NCC(C)(O)CC(=O)O. The van der Waals surface area contributed by atoms with E-state index in [4.69, 9.17) is 5.11 Å². The van der Waals surface area contributed by atoms with Gasteiger partial charge >= 0.3 is 5.97 Å². The Morgan fingerprint density at radius 2 is 2.24 bits per heavy atom. The fourth-order valence-corrected chi connectivity index (χ4v) is 1.35. The summed E-state index contributed by atoms with van der Waals surface area (Å²) >= 11 is 0. The van der Waals surface area contributed by atoms with Gasteiger partial charge in [-0.2, -0.15) is 5.10 Å². The van der Waals surface area contributed by atoms with Crippen LogP contribution < -0.4 is 5.32 Å². The van der Waals surface area contributed by atoms with Crippen LogP contribution in [0.2, 0.25) is 0 Å². The van der Waals surface area contributed by atoms with Gasteiger partial charge in [-0.1, -0.05) is 0 Å². The highest BCUT2D eigenvalue weighted by molar-refractivity contribution is 5.92. The van der Waals surface area contributed by atoms with Crippen molar-refractivity contribution >= 4 is 11.9 Å². The number of carboxylic acid groups (broad SMARTS) is 1. The molecule has 0 aromatic carbocycles. The molecule has 0 radical (unpaired) electrons. The van der Waals surface area contributed by atoms with E-state index < -0.39 is 23.9 Å². The smallest absolute Gasteiger partial charge is 0.306 e. The molecule has 7 nitrogen and oxygen atoms in total. The van der Waals surface area contributed by atoms with E-state index in [0.717, 1.165) is 0 Å². The maximum Gasteiger partial charge on any atom is 0.306 e. The summed E-state index contributed by atoms with van der Waals surface area (Å²) in [4.78, 5) is 22.1. The van der Waals surface area contributed by atoms with Crippen LogP contribution >= 0.6 is 0 Å². The predicted octanol–water partition coefficient (Wildman–Crippen LogP) is -0.624. The van der Waals surface area contributed by atoms with Gasteiger partial charge in [-0.05, 0) is 13.0 Å². The lowest BCUT2D eigenvalue weighted by Gasteiger charge is -2.21. The second kappa shape index (κ2) is 4.96. The minimum absolute atomic E-state index is 0.136. The van der Waals surface area contributed by atoms with Crippen molar-refractivity contribution in [3.8, 4) is 0 Å². The van der Waals surface area contributed by atoms with E-state index in [-0.39, 0.29) is 6.54 Å². The van der Waals surface area contributed by atoms with Crippen LogP contribution in [0.1, 0.15) is 23.8 Å². The number of aromatic nitrogens is 2. The van der Waals surface area contributed by atoms with Crippen molar-refractivity contribution in [2.75, 3.05) is 6.54 Å². The van der Waals surface area contributed by atoms with Gasteiger partial charge in [0.2, 0.25) is 0 Å². The lowest BCUT2D eigenvalue weighted by atomic mass is 10.0. The summed E-state index contributed by atoms with van der Waals surface area (Å²) in [6.07, 6.45) is 1.04. The molecule has 1 unspecified atom stereocenters. The van der Waals surface area contributed by atoms with Crippen molar-refractivity contribution in [2.24, 2.45) is 7.05 Å². The summed E-state index contributed by atoms with van der Waals surface area (Å²) in [6, 6.07) is 1.53. The van der Waals surface area contributed by atoms with Gasteiger partial charge in [-0.3, -0.25) is 14.3 Å². The monoisotopic (exact) mass is 241 g/mol. The molecular weight excluding hydrogens is 226 g/mol. The average molecular weight is 241 g/mol. The van der Waals surface area contributed by atoms with Crippen molar-refractivity contribution in [3.05, 3.63) is 18.0 Å². The summed E-state index contributed by atoms with van der Waals surface area (Å²) in [5, 5.41) is 24.5. The standard InChI is InChI=1S/C10H15N3O4/c1-10(17,5-8(14)15)6-11-9(16)7-3-4-12-13(7)2/h3-4,17H,5-6H2,1-2H3,(H,11,16)(H,14,15). The van der Waals surface area contributed by atoms with Crippen LogP contribution in [0.3, 0.4) is 0 Å². The van der Waals surface area contributed by atoms with E-state index in [1.807, 2.05) is 0 Å². The summed E-state index contributed by atoms with van der Waals surface area (Å²) < 4.78 is 1.39. The van der Waals surface area contributed by atoms with E-state index in [0.29, 0.717) is 5.69 Å². The Bertz CT molecular complexity index is 425. The molecule has 1 aromatic heterocycles. The van der Waals surface area contributed by atoms with E-state index in [2.05, 4.69) is 10.4 Å². The van der Waals surface area contributed by atoms with Crippen LogP contribution in [0.15, 0.2) is 12.3 Å². The summed E-state index contributed by atoms with van der Waals surface area (Å²) in [6.45, 7) is 1.22. The number of rotatable bonds is 5. The van der Waals surface area contributed by atoms with Gasteiger partial charge in [0.1, 0.15) is 5.69 Å². The van der Waals surface area contributed by atoms with Gasteiger partial charge in [0.25, 0.3) is 5.91 Å². The molecular formula is C10H15N3O4. The zero-order chi connectivity index (χ0) is 13.1. The van der Waals surface area contributed by atoms with Crippen LogP contribution in [0.25, 0.3) is 0 Å². The number of hydrogen-bond donors (Lipinski definition) is 3. The Morgan fingerprint density at radius 3 is 2.71 bits per heavy atom. The fourth-order valence-electron chi connectivity index (χ4n) is 1.35. The third kappa shape index (κ3) is 3.87. The van der Waals surface area contributed by atoms with Crippen LogP contribution in [0.5, 0.6) is 0 Å². The fraction of sp³-hybridized carbons (Fsp3) is 0.500. The number of carbonyl (C=O) groups excluding carboxylic acids is 1. The average Bonchev–Trinajstić information content (AvgIpc) is 2.59. The lowest BCUT2D eigenvalue weighted by Crippen LogP contribution is -2.42. The highest BCUT2D eigenvalue weighted by atomic mass is 16.4. The quantitative estimate of drug-likeness (QED) is 0.637. The van der Waals surface area contributed by atoms with Gasteiger partial charge in [0.05, 0.1) is 12.0 Å². The molecule has 0 fully saturated rings. The number of aliphatic hydroxyl groups is 1. The van der Waals surface area contributed by atoms with Crippen molar-refractivity contribution in [1.29, 1.82) is 0 Å². The zero-order valence-electron chi connectivity index (χ0n) is 9.67. The zero-order valence-corrected chi connectivity index (χ0v) is 9.67. The van der Waals surface area contributed by atoms with E-state index in [1.54, 1.807) is 7.05 Å². The van der Waals surface area contributed by atoms with Crippen molar-refractivity contribution in [1.82, 2.24) is 15.1 Å². The van der Waals surface area contributed by atoms with Gasteiger partial charge in [-0.15, -0.1) is 0 Å². The maximum atomic E-state index is 11.6. The summed E-state index contributed by atoms with van der Waals surface area (Å²) in [5.74, 6) is -1.53. The molecule has 0 aliphatic rings. The number of amides is 1. The second-order valence-electron chi connectivity index (χ2n) is 4.09. The van der Waals surface area contributed by atoms with E-state index >= 15 is 0 Å². The lowest BCUT2D eigenvalue weighted by molar-refractivity contribution is -0.141. The van der Waals surface area contributed by atoms with Crippen LogP contribution in [-0.4, -0.2) is 44.0 Å². The third-order valence-corrected chi connectivity index (χ3v) is 2.22. The number of hydrogen-bond acceptors (Lipinski definition) is 4. The summed E-state index contributed by atoms with van der Waals surface area (Å²) in [7, 11) is 1.62. The molecule has 1 rings (SSSR count). The van der Waals surface area contributed by atoms with Gasteiger partial charge < -0.3 is 15.5 Å². The second-order valence-corrected chi connectivity index (χ2v) is 4.09. The molecule has 1 amide bonds. The van der Waals surface area contributed by atoms with E-state index in [1.165, 1.54) is 23.9 Å². The molecule has 0 spiro atoms. The molecule has 0 bridgehead atoms. The molecule has 7 heteroatoms. The minimum atomic E-state index is -1.47. The minimum Gasteiger partial charge on any atom is -0.481 e. The van der Waals surface area contributed by atoms with Crippen LogP contribution in [0.4, 0.5) is 0 Å². The largest absolute Gasteiger partial charge is 0.481 e. The first-order valence-electron chi connectivity index (χ1n) is 5.02. The van der Waals surface area contributed by atoms with Crippen molar-refractivity contribution < 1.29 is 19.8 Å². The molecule has 0 saturated carbocycles. The Kier molecular flexibility index (Phi) is 3.84. The molecule has 0 aliphatic heterocycles. The Labute approximate surface area is 98.1 Å². The number of aliphatic carboxylic acids is 1. The number of aryl methyl sites for hydroxylation is 1. The molecule has 17 heavy (non-hydrogen) atoms. The van der Waals surface area contributed by atoms with Gasteiger partial charge in [-0.25, -0.2) is 0 Å². The number of nitrogens with one attached hydrogen (secondary N) is 1. The Morgan fingerprint density at radius 1 is 1.59 bits per heavy atom. The number of carboxylic acids is 1. The van der Waals surface area contributed by atoms with Crippen molar-refractivity contribution in [3.63, 3.8) is 0 Å². The molecule has 94 valence electrons. The van der Waals surface area contributed by atoms with Gasteiger partial charge in [0.15, 0.2) is 0 Å². The van der Waals surface area contributed by atoms with Gasteiger partial charge in [0, 0.05) is 19.8 Å². The maximum absolute atomic E-state index is 11.6. The van der Waals surface area contributed by atoms with Crippen LogP contribution in [0, 0.1) is 0 Å². The molecule has 1 aromatic rings. The third-order valence-electron chi connectivity index (χ3n) is 2.22. The number of nitrogens with zero attached hydrogens (tertiary/aromatic N) is 2. The van der Waals surface area contributed by atoms with E-state index in [9.17, 15) is 14.7 Å². The number of carbonyl (C=O) groups is 2. The molecule has 1 atom stereocenters. The first-order valence-corrected chi connectivity index (χ1v) is 5.02. The highest BCUT2D eigenvalue weighted by Gasteiger charge is 2.25. The van der Waals surface area contributed by atoms with Crippen molar-refractivity contribution in [2.45, 2.75) is 18.9 Å². The Balaban J connectivity index is 2.54. The molecule has 1 heterocycles. The topological polar surface area (TPSA) is 104 Å². The Hall–Kier alpha value is -1.89. The molecule has 0 saturated heterocycles. The molecule has 3 N–H and O–H groups in total.